The highest BCUT2D eigenvalue weighted by molar-refractivity contribution is 7.99. The number of alkyl halides is 2. The summed E-state index contributed by atoms with van der Waals surface area (Å²) in [5.74, 6) is 0.202. The minimum Gasteiger partial charge on any atom is -0.433 e. The average molecular weight is 232 g/mol. The van der Waals surface area contributed by atoms with Crippen LogP contribution in [0.3, 0.4) is 0 Å². The number of ether oxygens (including phenoxy) is 1. The fourth-order valence-corrected chi connectivity index (χ4v) is 1.98. The number of halogens is 2. The second-order valence-corrected chi connectivity index (χ2v) is 5.20. The van der Waals surface area contributed by atoms with E-state index >= 15 is 0 Å². The summed E-state index contributed by atoms with van der Waals surface area (Å²) in [6.07, 6.45) is -3.12. The van der Waals surface area contributed by atoms with Gasteiger partial charge in [0.2, 0.25) is 0 Å². The first-order valence-corrected chi connectivity index (χ1v) is 5.58. The molecular formula is C11H14F2OS. The molecule has 0 aliphatic rings. The molecule has 0 amide bonds. The second kappa shape index (κ2) is 4.84. The van der Waals surface area contributed by atoms with Crippen LogP contribution in [-0.2, 0) is 0 Å². The minimum absolute atomic E-state index is 0.202. The summed E-state index contributed by atoms with van der Waals surface area (Å²) in [5, 5.41) is 0.419. The van der Waals surface area contributed by atoms with Crippen molar-refractivity contribution in [3.05, 3.63) is 24.3 Å². The Kier molecular flexibility index (Phi) is 3.97. The van der Waals surface area contributed by atoms with Gasteiger partial charge in [-0.2, -0.15) is 8.78 Å². The summed E-state index contributed by atoms with van der Waals surface area (Å²) in [7, 11) is 0. The molecule has 0 aliphatic heterocycles. The van der Waals surface area contributed by atoms with E-state index in [9.17, 15) is 8.78 Å². The molecule has 84 valence electrons. The predicted molar refractivity (Wildman–Crippen MR) is 58.7 cm³/mol. The molecule has 0 spiro atoms. The molecule has 15 heavy (non-hydrogen) atoms. The molecule has 4 heteroatoms. The molecule has 0 fully saturated rings. The molecule has 0 aliphatic carbocycles. The quantitative estimate of drug-likeness (QED) is 0.720. The van der Waals surface area contributed by atoms with Gasteiger partial charge in [0.15, 0.2) is 0 Å². The van der Waals surface area contributed by atoms with E-state index in [2.05, 4.69) is 4.74 Å². The Balaban J connectivity index is 2.74. The van der Waals surface area contributed by atoms with Crippen molar-refractivity contribution in [1.29, 1.82) is 0 Å². The third-order valence-corrected chi connectivity index (χ3v) is 2.47. The molecule has 1 rings (SSSR count). The lowest BCUT2D eigenvalue weighted by Gasteiger charge is -2.13. The van der Waals surface area contributed by atoms with Crippen molar-refractivity contribution >= 4 is 11.8 Å². The first kappa shape index (κ1) is 12.3. The van der Waals surface area contributed by atoms with Crippen molar-refractivity contribution < 1.29 is 13.5 Å². The van der Waals surface area contributed by atoms with Crippen LogP contribution in [0.2, 0.25) is 0 Å². The highest BCUT2D eigenvalue weighted by Gasteiger charge is 2.23. The Bertz CT molecular complexity index is 321. The van der Waals surface area contributed by atoms with E-state index in [1.165, 1.54) is 6.07 Å². The highest BCUT2D eigenvalue weighted by Crippen LogP contribution is 2.28. The Morgan fingerprint density at radius 3 is 2.53 bits per heavy atom. The van der Waals surface area contributed by atoms with Gasteiger partial charge in [-0.25, -0.2) is 0 Å². The fraction of sp³-hybridized carbons (Fsp3) is 0.455. The number of thioether (sulfide) groups is 1. The summed E-state index contributed by atoms with van der Waals surface area (Å²) in [4.78, 5) is 0.937. The maximum atomic E-state index is 12.6. The SMILES string of the molecule is CC(C)Sc1cccc(OC(C)(F)F)c1. The number of hydrogen-bond donors (Lipinski definition) is 0. The van der Waals surface area contributed by atoms with Crippen LogP contribution in [0.5, 0.6) is 5.75 Å². The normalized spacial score (nSPS) is 11.9. The second-order valence-electron chi connectivity index (χ2n) is 3.55. The van der Waals surface area contributed by atoms with E-state index in [-0.39, 0.29) is 5.75 Å². The van der Waals surface area contributed by atoms with Gasteiger partial charge in [-0.05, 0) is 18.2 Å². The molecule has 0 radical (unpaired) electrons. The van der Waals surface area contributed by atoms with Gasteiger partial charge in [-0.3, -0.25) is 0 Å². The molecule has 0 bridgehead atoms. The van der Waals surface area contributed by atoms with Crippen LogP contribution >= 0.6 is 11.8 Å². The van der Waals surface area contributed by atoms with Crippen LogP contribution in [0.25, 0.3) is 0 Å². The predicted octanol–water partition coefficient (Wildman–Crippen LogP) is 4.18. The van der Waals surface area contributed by atoms with Crippen LogP contribution in [0, 0.1) is 0 Å². The topological polar surface area (TPSA) is 9.23 Å². The van der Waals surface area contributed by atoms with Crippen LogP contribution in [0.15, 0.2) is 29.2 Å². The van der Waals surface area contributed by atoms with E-state index in [1.54, 1.807) is 23.9 Å². The zero-order valence-corrected chi connectivity index (χ0v) is 9.78. The van der Waals surface area contributed by atoms with Crippen LogP contribution < -0.4 is 4.74 Å². The molecule has 0 heterocycles. The lowest BCUT2D eigenvalue weighted by Crippen LogP contribution is -2.18. The molecule has 0 saturated heterocycles. The summed E-state index contributed by atoms with van der Waals surface area (Å²) in [6.45, 7) is 4.83. The lowest BCUT2D eigenvalue weighted by molar-refractivity contribution is -0.159. The standard InChI is InChI=1S/C11H14F2OS/c1-8(2)15-10-6-4-5-9(7-10)14-11(3,12)13/h4-8H,1-3H3. The van der Waals surface area contributed by atoms with E-state index in [4.69, 9.17) is 0 Å². The third-order valence-electron chi connectivity index (χ3n) is 1.47. The Morgan fingerprint density at radius 1 is 1.33 bits per heavy atom. The van der Waals surface area contributed by atoms with Crippen LogP contribution in [0.1, 0.15) is 20.8 Å². The van der Waals surface area contributed by atoms with E-state index in [1.807, 2.05) is 19.9 Å². The number of hydrogen-bond acceptors (Lipinski definition) is 2. The van der Waals surface area contributed by atoms with Crippen molar-refractivity contribution in [2.45, 2.75) is 37.0 Å². The fourth-order valence-electron chi connectivity index (χ4n) is 1.09. The van der Waals surface area contributed by atoms with Gasteiger partial charge >= 0.3 is 6.11 Å². The summed E-state index contributed by atoms with van der Waals surface area (Å²) in [6, 6.07) is 6.75. The van der Waals surface area contributed by atoms with Crippen molar-refractivity contribution in [1.82, 2.24) is 0 Å². The van der Waals surface area contributed by atoms with Crippen LogP contribution in [0.4, 0.5) is 8.78 Å². The monoisotopic (exact) mass is 232 g/mol. The Hall–Kier alpha value is -0.770. The first-order chi connectivity index (χ1) is 6.87. The summed E-state index contributed by atoms with van der Waals surface area (Å²) in [5.41, 5.74) is 0. The van der Waals surface area contributed by atoms with Gasteiger partial charge in [0, 0.05) is 17.1 Å². The molecule has 1 aromatic carbocycles. The Labute approximate surface area is 92.8 Å². The van der Waals surface area contributed by atoms with Gasteiger partial charge in [0.25, 0.3) is 0 Å². The van der Waals surface area contributed by atoms with Gasteiger partial charge in [-0.1, -0.05) is 19.9 Å². The van der Waals surface area contributed by atoms with E-state index in [0.717, 1.165) is 11.8 Å². The maximum Gasteiger partial charge on any atom is 0.394 e. The van der Waals surface area contributed by atoms with Gasteiger partial charge in [-0.15, -0.1) is 11.8 Å². The van der Waals surface area contributed by atoms with E-state index in [0.29, 0.717) is 5.25 Å². The molecule has 1 nitrogen and oxygen atoms in total. The Morgan fingerprint density at radius 2 is 2.00 bits per heavy atom. The van der Waals surface area contributed by atoms with Crippen molar-refractivity contribution in [2.24, 2.45) is 0 Å². The zero-order valence-electron chi connectivity index (χ0n) is 8.96. The smallest absolute Gasteiger partial charge is 0.394 e. The van der Waals surface area contributed by atoms with Crippen LogP contribution in [-0.4, -0.2) is 11.4 Å². The summed E-state index contributed by atoms with van der Waals surface area (Å²) >= 11 is 1.61. The molecule has 1 aromatic rings. The van der Waals surface area contributed by atoms with Gasteiger partial charge in [0.05, 0.1) is 0 Å². The molecule has 0 unspecified atom stereocenters. The zero-order chi connectivity index (χ0) is 11.5. The van der Waals surface area contributed by atoms with Crippen molar-refractivity contribution in [2.75, 3.05) is 0 Å². The molecule has 0 N–H and O–H groups in total. The third kappa shape index (κ3) is 5.02. The maximum absolute atomic E-state index is 12.6. The minimum atomic E-state index is -3.12. The van der Waals surface area contributed by atoms with Gasteiger partial charge in [0.1, 0.15) is 5.75 Å². The number of benzene rings is 1. The number of rotatable bonds is 4. The highest BCUT2D eigenvalue weighted by atomic mass is 32.2. The average Bonchev–Trinajstić information content (AvgIpc) is 1.99. The first-order valence-electron chi connectivity index (χ1n) is 4.70. The molecule has 0 aromatic heterocycles. The van der Waals surface area contributed by atoms with E-state index < -0.39 is 6.11 Å². The molecule has 0 saturated carbocycles. The van der Waals surface area contributed by atoms with Gasteiger partial charge < -0.3 is 4.74 Å². The molecule has 0 atom stereocenters. The largest absolute Gasteiger partial charge is 0.433 e. The lowest BCUT2D eigenvalue weighted by atomic mass is 10.3. The van der Waals surface area contributed by atoms with Crippen molar-refractivity contribution in [3.8, 4) is 5.75 Å². The molecular weight excluding hydrogens is 218 g/mol. The summed E-state index contributed by atoms with van der Waals surface area (Å²) < 4.78 is 29.6. The van der Waals surface area contributed by atoms with Crippen molar-refractivity contribution in [3.63, 3.8) is 0 Å².